The molecule has 0 bridgehead atoms. The van der Waals surface area contributed by atoms with Crippen LogP contribution < -0.4 is 4.74 Å². The number of hydrogen-bond donors (Lipinski definition) is 2. The Morgan fingerprint density at radius 2 is 1.89 bits per heavy atom. The van der Waals surface area contributed by atoms with E-state index in [-0.39, 0.29) is 13.0 Å². The molecule has 1 heterocycles. The van der Waals surface area contributed by atoms with Gasteiger partial charge in [-0.05, 0) is 41.8 Å². The van der Waals surface area contributed by atoms with Crippen LogP contribution in [0.15, 0.2) is 59.2 Å². The Balaban J connectivity index is 1.56. The minimum Gasteiger partial charge on any atom is -0.493 e. The normalized spacial score (nSPS) is 10.7. The molecule has 0 aliphatic rings. The van der Waals surface area contributed by atoms with Gasteiger partial charge in [0.05, 0.1) is 18.9 Å². The first-order valence-electron chi connectivity index (χ1n) is 8.73. The molecule has 6 heteroatoms. The summed E-state index contributed by atoms with van der Waals surface area (Å²) >= 11 is 0. The number of carboxylic acids is 1. The molecule has 0 fully saturated rings. The zero-order chi connectivity index (χ0) is 19.1. The number of aliphatic carboxylic acids is 1. The van der Waals surface area contributed by atoms with Gasteiger partial charge in [-0.3, -0.25) is 4.79 Å². The van der Waals surface area contributed by atoms with Crippen LogP contribution in [-0.4, -0.2) is 27.8 Å². The first kappa shape index (κ1) is 18.7. The number of benzene rings is 2. The number of rotatable bonds is 9. The zero-order valence-electron chi connectivity index (χ0n) is 14.8. The van der Waals surface area contributed by atoms with Gasteiger partial charge in [-0.1, -0.05) is 24.3 Å². The lowest BCUT2D eigenvalue weighted by molar-refractivity contribution is -0.136. The van der Waals surface area contributed by atoms with Gasteiger partial charge in [-0.25, -0.2) is 4.98 Å². The summed E-state index contributed by atoms with van der Waals surface area (Å²) in [6, 6.07) is 15.0. The number of ether oxygens (including phenoxy) is 1. The maximum absolute atomic E-state index is 10.7. The lowest BCUT2D eigenvalue weighted by Crippen LogP contribution is -2.04. The number of nitrogens with zero attached hydrogens (tertiary/aromatic N) is 1. The van der Waals surface area contributed by atoms with E-state index in [1.165, 1.54) is 0 Å². The second kappa shape index (κ2) is 9.00. The van der Waals surface area contributed by atoms with E-state index in [1.54, 1.807) is 24.5 Å². The molecule has 0 saturated carbocycles. The van der Waals surface area contributed by atoms with Crippen LogP contribution in [0.1, 0.15) is 23.2 Å². The lowest BCUT2D eigenvalue weighted by atomic mass is 10.0. The molecule has 0 spiro atoms. The molecular formula is C21H21NO5. The zero-order valence-corrected chi connectivity index (χ0v) is 14.8. The summed E-state index contributed by atoms with van der Waals surface area (Å²) in [5, 5.41) is 18.3. The van der Waals surface area contributed by atoms with Crippen LogP contribution in [0.25, 0.3) is 11.5 Å². The first-order valence-corrected chi connectivity index (χ1v) is 8.73. The molecule has 0 saturated heterocycles. The second-order valence-electron chi connectivity index (χ2n) is 6.09. The maximum Gasteiger partial charge on any atom is 0.303 e. The molecule has 0 radical (unpaired) electrons. The predicted molar refractivity (Wildman–Crippen MR) is 99.5 cm³/mol. The van der Waals surface area contributed by atoms with Crippen LogP contribution in [0.5, 0.6) is 5.75 Å². The van der Waals surface area contributed by atoms with Gasteiger partial charge in [0, 0.05) is 18.4 Å². The van der Waals surface area contributed by atoms with Crippen LogP contribution in [0.4, 0.5) is 0 Å². The van der Waals surface area contributed by atoms with Gasteiger partial charge in [0.1, 0.15) is 12.0 Å². The van der Waals surface area contributed by atoms with Crippen molar-refractivity contribution in [3.05, 3.63) is 71.6 Å². The highest BCUT2D eigenvalue weighted by Gasteiger charge is 2.08. The number of aromatic nitrogens is 1. The lowest BCUT2D eigenvalue weighted by Gasteiger charge is -2.10. The van der Waals surface area contributed by atoms with Crippen molar-refractivity contribution in [2.75, 3.05) is 6.61 Å². The second-order valence-corrected chi connectivity index (χ2v) is 6.09. The summed E-state index contributed by atoms with van der Waals surface area (Å²) < 4.78 is 11.2. The summed E-state index contributed by atoms with van der Waals surface area (Å²) in [5.74, 6) is 0.350. The average Bonchev–Trinajstić information content (AvgIpc) is 3.16. The monoisotopic (exact) mass is 367 g/mol. The Labute approximate surface area is 157 Å². The van der Waals surface area contributed by atoms with Gasteiger partial charge in [0.2, 0.25) is 5.89 Å². The fourth-order valence-corrected chi connectivity index (χ4v) is 2.73. The van der Waals surface area contributed by atoms with E-state index in [0.717, 1.165) is 16.8 Å². The number of oxazole rings is 1. The topological polar surface area (TPSA) is 92.8 Å². The molecule has 6 nitrogen and oxygen atoms in total. The fourth-order valence-electron chi connectivity index (χ4n) is 2.73. The molecule has 27 heavy (non-hydrogen) atoms. The van der Waals surface area contributed by atoms with E-state index in [2.05, 4.69) is 4.98 Å². The Morgan fingerprint density at radius 3 is 2.63 bits per heavy atom. The number of aliphatic hydroxyl groups excluding tert-OH is 1. The molecule has 140 valence electrons. The highest BCUT2D eigenvalue weighted by molar-refractivity contribution is 5.67. The predicted octanol–water partition coefficient (Wildman–Crippen LogP) is 3.47. The molecule has 0 aliphatic carbocycles. The molecule has 0 atom stereocenters. The Morgan fingerprint density at radius 1 is 1.07 bits per heavy atom. The summed E-state index contributed by atoms with van der Waals surface area (Å²) in [6.45, 7) is 0.260. The van der Waals surface area contributed by atoms with E-state index in [4.69, 9.17) is 14.3 Å². The molecule has 3 rings (SSSR count). The van der Waals surface area contributed by atoms with Crippen LogP contribution in [0.2, 0.25) is 0 Å². The van der Waals surface area contributed by atoms with Crippen molar-refractivity contribution >= 4 is 5.97 Å². The largest absolute Gasteiger partial charge is 0.493 e. The van der Waals surface area contributed by atoms with Crippen molar-refractivity contribution in [2.45, 2.75) is 25.9 Å². The van der Waals surface area contributed by atoms with E-state index in [9.17, 15) is 9.90 Å². The molecule has 2 N–H and O–H groups in total. The number of carboxylic acid groups (broad SMARTS) is 1. The Kier molecular flexibility index (Phi) is 6.22. The van der Waals surface area contributed by atoms with Crippen LogP contribution in [0.3, 0.4) is 0 Å². The quantitative estimate of drug-likeness (QED) is 0.601. The third-order valence-corrected chi connectivity index (χ3v) is 4.16. The van der Waals surface area contributed by atoms with Crippen molar-refractivity contribution < 1.29 is 24.2 Å². The van der Waals surface area contributed by atoms with Crippen LogP contribution >= 0.6 is 0 Å². The standard InChI is InChI=1S/C21H21NO5/c23-13-17-12-19(8-6-15(17)7-9-20(24)25)26-11-10-18-14-27-21(22-18)16-4-2-1-3-5-16/h1-6,8,12,14,23H,7,9-11,13H2,(H,24,25). The van der Waals surface area contributed by atoms with Crippen molar-refractivity contribution in [2.24, 2.45) is 0 Å². The minimum atomic E-state index is -0.860. The third-order valence-electron chi connectivity index (χ3n) is 4.16. The highest BCUT2D eigenvalue weighted by atomic mass is 16.5. The van der Waals surface area contributed by atoms with Gasteiger partial charge < -0.3 is 19.4 Å². The molecular weight excluding hydrogens is 346 g/mol. The highest BCUT2D eigenvalue weighted by Crippen LogP contribution is 2.21. The van der Waals surface area contributed by atoms with Crippen molar-refractivity contribution in [1.82, 2.24) is 4.98 Å². The third kappa shape index (κ3) is 5.18. The Hall–Kier alpha value is -3.12. The summed E-state index contributed by atoms with van der Waals surface area (Å²) in [4.78, 5) is 15.2. The van der Waals surface area contributed by atoms with Crippen LogP contribution in [0, 0.1) is 0 Å². The van der Waals surface area contributed by atoms with Gasteiger partial charge in [0.25, 0.3) is 0 Å². The van der Waals surface area contributed by atoms with Gasteiger partial charge in [-0.15, -0.1) is 0 Å². The van der Waals surface area contributed by atoms with E-state index in [1.807, 2.05) is 30.3 Å². The van der Waals surface area contributed by atoms with Crippen molar-refractivity contribution in [3.63, 3.8) is 0 Å². The van der Waals surface area contributed by atoms with Crippen molar-refractivity contribution in [1.29, 1.82) is 0 Å². The number of carbonyl (C=O) groups is 1. The molecule has 0 unspecified atom stereocenters. The molecule has 0 amide bonds. The number of aryl methyl sites for hydroxylation is 1. The summed E-state index contributed by atoms with van der Waals surface area (Å²) in [6.07, 6.45) is 2.63. The van der Waals surface area contributed by atoms with Gasteiger partial charge >= 0.3 is 5.97 Å². The number of aliphatic hydroxyl groups is 1. The maximum atomic E-state index is 10.7. The minimum absolute atomic E-state index is 0.0309. The van der Waals surface area contributed by atoms with E-state index >= 15 is 0 Å². The SMILES string of the molecule is O=C(O)CCc1ccc(OCCc2coc(-c3ccccc3)n2)cc1CO. The summed E-state index contributed by atoms with van der Waals surface area (Å²) in [7, 11) is 0. The number of hydrogen-bond acceptors (Lipinski definition) is 5. The van der Waals surface area contributed by atoms with E-state index in [0.29, 0.717) is 36.7 Å². The first-order chi connectivity index (χ1) is 13.2. The van der Waals surface area contributed by atoms with Gasteiger partial charge in [-0.2, -0.15) is 0 Å². The average molecular weight is 367 g/mol. The van der Waals surface area contributed by atoms with Gasteiger partial charge in [0.15, 0.2) is 0 Å². The van der Waals surface area contributed by atoms with Crippen LogP contribution in [-0.2, 0) is 24.2 Å². The molecule has 3 aromatic rings. The molecule has 1 aromatic heterocycles. The van der Waals surface area contributed by atoms with Crippen molar-refractivity contribution in [3.8, 4) is 17.2 Å². The molecule has 0 aliphatic heterocycles. The molecule has 2 aromatic carbocycles. The fraction of sp³-hybridized carbons (Fsp3) is 0.238. The van der Waals surface area contributed by atoms with E-state index < -0.39 is 5.97 Å². The Bertz CT molecular complexity index is 889. The smallest absolute Gasteiger partial charge is 0.303 e. The summed E-state index contributed by atoms with van der Waals surface area (Å²) in [5.41, 5.74) is 3.22.